The van der Waals surface area contributed by atoms with Crippen molar-refractivity contribution in [2.75, 3.05) is 0 Å². The summed E-state index contributed by atoms with van der Waals surface area (Å²) in [6.07, 6.45) is 0. The van der Waals surface area contributed by atoms with E-state index in [-0.39, 0.29) is 0 Å². The quantitative estimate of drug-likeness (QED) is 0.125. The van der Waals surface area contributed by atoms with Crippen LogP contribution in [0, 0.1) is 0 Å². The van der Waals surface area contributed by atoms with Crippen molar-refractivity contribution in [2.45, 2.75) is 0 Å². The number of hydrogen-bond donors (Lipinski definition) is 0. The summed E-state index contributed by atoms with van der Waals surface area (Å²) in [4.78, 5) is 10.2. The minimum atomic E-state index is 0.714. The molecular formula is C56H36N2. The van der Waals surface area contributed by atoms with Gasteiger partial charge in [-0.15, -0.1) is 0 Å². The van der Waals surface area contributed by atoms with Crippen LogP contribution in [0.1, 0.15) is 0 Å². The van der Waals surface area contributed by atoms with Crippen molar-refractivity contribution in [3.63, 3.8) is 0 Å². The van der Waals surface area contributed by atoms with Gasteiger partial charge in [0.25, 0.3) is 0 Å². The van der Waals surface area contributed by atoms with E-state index in [1.807, 2.05) is 18.2 Å². The first kappa shape index (κ1) is 33.6. The zero-order valence-corrected chi connectivity index (χ0v) is 31.7. The zero-order chi connectivity index (χ0) is 38.4. The first-order valence-corrected chi connectivity index (χ1v) is 19.8. The molecule has 0 N–H and O–H groups in total. The first-order valence-electron chi connectivity index (χ1n) is 19.8. The Kier molecular flexibility index (Phi) is 8.19. The first-order chi connectivity index (χ1) is 28.7. The van der Waals surface area contributed by atoms with Crippen molar-refractivity contribution in [3.05, 3.63) is 218 Å². The molecule has 10 aromatic carbocycles. The fourth-order valence-corrected chi connectivity index (χ4v) is 8.63. The van der Waals surface area contributed by atoms with Crippen LogP contribution in [0.3, 0.4) is 0 Å². The Labute approximate surface area is 337 Å². The second-order valence-corrected chi connectivity index (χ2v) is 14.9. The highest BCUT2D eigenvalue weighted by atomic mass is 14.9. The van der Waals surface area contributed by atoms with Crippen molar-refractivity contribution in [1.29, 1.82) is 0 Å². The van der Waals surface area contributed by atoms with Crippen molar-refractivity contribution >= 4 is 43.1 Å². The third-order valence-corrected chi connectivity index (χ3v) is 11.5. The molecule has 2 nitrogen and oxygen atoms in total. The standard InChI is InChI=1S/C56H36N2/c1-3-15-42(16-4-1)54-49-22-12-11-21-48(49)53(50-34-33-40-14-9-10-20-47(40)55(50)54)43-30-25-39(26-31-43)38-23-28-41(29-24-38)51-36-52(58-56(57-51)44-17-5-2-6-18-44)46-32-27-37-13-7-8-19-45(37)35-46/h1-36H. The molecule has 0 aliphatic rings. The smallest absolute Gasteiger partial charge is 0.160 e. The maximum Gasteiger partial charge on any atom is 0.160 e. The predicted octanol–water partition coefficient (Wildman–Crippen LogP) is 15.1. The average molecular weight is 737 g/mol. The normalized spacial score (nSPS) is 11.4. The molecule has 0 aliphatic carbocycles. The predicted molar refractivity (Wildman–Crippen MR) is 245 cm³/mol. The summed E-state index contributed by atoms with van der Waals surface area (Å²) in [5, 5.41) is 9.99. The van der Waals surface area contributed by atoms with Gasteiger partial charge in [0.2, 0.25) is 0 Å². The van der Waals surface area contributed by atoms with Gasteiger partial charge in [-0.3, -0.25) is 0 Å². The van der Waals surface area contributed by atoms with Gasteiger partial charge < -0.3 is 0 Å². The summed E-state index contributed by atoms with van der Waals surface area (Å²) < 4.78 is 0. The van der Waals surface area contributed by atoms with E-state index >= 15 is 0 Å². The minimum absolute atomic E-state index is 0.714. The Hall–Kier alpha value is -7.68. The number of aromatic nitrogens is 2. The molecule has 0 radical (unpaired) electrons. The van der Waals surface area contributed by atoms with Crippen molar-refractivity contribution in [3.8, 4) is 67.3 Å². The lowest BCUT2D eigenvalue weighted by Crippen LogP contribution is -1.96. The molecule has 11 aromatic rings. The molecule has 0 amide bonds. The Morgan fingerprint density at radius 3 is 1.40 bits per heavy atom. The monoisotopic (exact) mass is 736 g/mol. The van der Waals surface area contributed by atoms with E-state index in [1.54, 1.807) is 0 Å². The van der Waals surface area contributed by atoms with Crippen LogP contribution in [0.15, 0.2) is 218 Å². The second kappa shape index (κ2) is 14.1. The summed E-state index contributed by atoms with van der Waals surface area (Å²) in [5.41, 5.74) is 12.2. The SMILES string of the molecule is c1ccc(-c2nc(-c3ccc(-c4ccc(-c5c6ccccc6c(-c6ccccc6)c6c5ccc5ccccc56)cc4)cc3)cc(-c3ccc4ccccc4c3)n2)cc1. The van der Waals surface area contributed by atoms with Crippen LogP contribution < -0.4 is 0 Å². The largest absolute Gasteiger partial charge is 0.228 e. The van der Waals surface area contributed by atoms with E-state index < -0.39 is 0 Å². The third kappa shape index (κ3) is 5.91. The molecule has 0 fully saturated rings. The fourth-order valence-electron chi connectivity index (χ4n) is 8.63. The molecule has 270 valence electrons. The highest BCUT2D eigenvalue weighted by Gasteiger charge is 2.19. The summed E-state index contributed by atoms with van der Waals surface area (Å²) in [6, 6.07) is 78.3. The molecule has 0 saturated carbocycles. The van der Waals surface area contributed by atoms with E-state index in [2.05, 4.69) is 200 Å². The number of hydrogen-bond acceptors (Lipinski definition) is 2. The lowest BCUT2D eigenvalue weighted by atomic mass is 9.84. The molecule has 2 heteroatoms. The molecular weight excluding hydrogens is 701 g/mol. The van der Waals surface area contributed by atoms with Gasteiger partial charge in [0, 0.05) is 16.7 Å². The fraction of sp³-hybridized carbons (Fsp3) is 0. The van der Waals surface area contributed by atoms with Gasteiger partial charge in [-0.25, -0.2) is 9.97 Å². The van der Waals surface area contributed by atoms with E-state index in [1.165, 1.54) is 70.9 Å². The molecule has 1 aromatic heterocycles. The lowest BCUT2D eigenvalue weighted by molar-refractivity contribution is 1.18. The van der Waals surface area contributed by atoms with E-state index in [0.29, 0.717) is 5.82 Å². The highest BCUT2D eigenvalue weighted by Crippen LogP contribution is 2.46. The second-order valence-electron chi connectivity index (χ2n) is 14.9. The summed E-state index contributed by atoms with van der Waals surface area (Å²) in [7, 11) is 0. The average Bonchev–Trinajstić information content (AvgIpc) is 3.31. The molecule has 0 unspecified atom stereocenters. The number of fused-ring (bicyclic) bond motifs is 5. The van der Waals surface area contributed by atoms with Crippen LogP contribution in [0.2, 0.25) is 0 Å². The molecule has 0 atom stereocenters. The van der Waals surface area contributed by atoms with Crippen LogP contribution >= 0.6 is 0 Å². The maximum atomic E-state index is 5.09. The van der Waals surface area contributed by atoms with Crippen LogP contribution in [-0.2, 0) is 0 Å². The summed E-state index contributed by atoms with van der Waals surface area (Å²) in [6.45, 7) is 0. The van der Waals surface area contributed by atoms with Gasteiger partial charge in [-0.05, 0) is 88.6 Å². The van der Waals surface area contributed by atoms with Crippen molar-refractivity contribution in [1.82, 2.24) is 9.97 Å². The van der Waals surface area contributed by atoms with Crippen LogP contribution in [-0.4, -0.2) is 9.97 Å². The number of benzene rings is 10. The van der Waals surface area contributed by atoms with Gasteiger partial charge in [0.1, 0.15) is 0 Å². The van der Waals surface area contributed by atoms with Crippen molar-refractivity contribution < 1.29 is 0 Å². The van der Waals surface area contributed by atoms with Gasteiger partial charge in [0.15, 0.2) is 5.82 Å². The molecule has 11 rings (SSSR count). The topological polar surface area (TPSA) is 25.8 Å². The Morgan fingerprint density at radius 1 is 0.241 bits per heavy atom. The summed E-state index contributed by atoms with van der Waals surface area (Å²) in [5.74, 6) is 0.714. The third-order valence-electron chi connectivity index (χ3n) is 11.5. The van der Waals surface area contributed by atoms with E-state index in [9.17, 15) is 0 Å². The highest BCUT2D eigenvalue weighted by molar-refractivity contribution is 6.27. The number of rotatable bonds is 6. The maximum absolute atomic E-state index is 5.09. The van der Waals surface area contributed by atoms with E-state index in [4.69, 9.17) is 9.97 Å². The van der Waals surface area contributed by atoms with Gasteiger partial charge in [-0.2, -0.15) is 0 Å². The van der Waals surface area contributed by atoms with E-state index in [0.717, 1.165) is 33.6 Å². The van der Waals surface area contributed by atoms with Crippen molar-refractivity contribution in [2.24, 2.45) is 0 Å². The molecule has 0 bridgehead atoms. The molecule has 0 aliphatic heterocycles. The van der Waals surface area contributed by atoms with Crippen LogP contribution in [0.4, 0.5) is 0 Å². The zero-order valence-electron chi connectivity index (χ0n) is 31.7. The Balaban J connectivity index is 0.992. The Morgan fingerprint density at radius 2 is 0.707 bits per heavy atom. The molecule has 1 heterocycles. The molecule has 58 heavy (non-hydrogen) atoms. The molecule has 0 spiro atoms. The van der Waals surface area contributed by atoms with Gasteiger partial charge in [0.05, 0.1) is 11.4 Å². The lowest BCUT2D eigenvalue weighted by Gasteiger charge is -2.19. The van der Waals surface area contributed by atoms with Crippen LogP contribution in [0.25, 0.3) is 110 Å². The van der Waals surface area contributed by atoms with Gasteiger partial charge in [-0.1, -0.05) is 206 Å². The Bertz CT molecular complexity index is 3300. The number of nitrogens with zero attached hydrogens (tertiary/aromatic N) is 2. The summed E-state index contributed by atoms with van der Waals surface area (Å²) >= 11 is 0. The molecule has 0 saturated heterocycles. The van der Waals surface area contributed by atoms with Crippen LogP contribution in [0.5, 0.6) is 0 Å². The van der Waals surface area contributed by atoms with Gasteiger partial charge >= 0.3 is 0 Å². The minimum Gasteiger partial charge on any atom is -0.228 e.